The van der Waals surface area contributed by atoms with Crippen LogP contribution in [-0.4, -0.2) is 45.1 Å². The Hall–Kier alpha value is -2.18. The van der Waals surface area contributed by atoms with Crippen molar-refractivity contribution in [3.05, 3.63) is 18.5 Å². The van der Waals surface area contributed by atoms with Crippen LogP contribution < -0.4 is 5.32 Å². The first-order chi connectivity index (χ1) is 8.58. The largest absolute Gasteiger partial charge is 0.481 e. The van der Waals surface area contributed by atoms with Crippen molar-refractivity contribution < 1.29 is 14.7 Å². The van der Waals surface area contributed by atoms with Crippen LogP contribution in [0.1, 0.15) is 6.92 Å². The Kier molecular flexibility index (Phi) is 3.40. The second-order valence-corrected chi connectivity index (χ2v) is 4.33. The van der Waals surface area contributed by atoms with Crippen LogP contribution >= 0.6 is 0 Å². The normalized spacial score (nSPS) is 22.8. The van der Waals surface area contributed by atoms with Crippen molar-refractivity contribution in [2.45, 2.75) is 6.92 Å². The summed E-state index contributed by atoms with van der Waals surface area (Å²) in [6, 6.07) is 1.28. The lowest BCUT2D eigenvalue weighted by Gasteiger charge is -2.15. The van der Waals surface area contributed by atoms with Crippen LogP contribution in [0.3, 0.4) is 0 Å². The van der Waals surface area contributed by atoms with E-state index in [4.69, 9.17) is 5.11 Å². The standard InChI is InChI=1S/C11H14N4O3/c1-7-5-15(6-8(7)9(16)17)11(18)14-10-12-3-2-4-13-10/h2-4,7-8H,5-6H2,1H3,(H,16,17)(H,12,13,14,18). The summed E-state index contributed by atoms with van der Waals surface area (Å²) in [6.07, 6.45) is 3.05. The van der Waals surface area contributed by atoms with Crippen LogP contribution in [0.15, 0.2) is 18.5 Å². The quantitative estimate of drug-likeness (QED) is 0.804. The fourth-order valence-electron chi connectivity index (χ4n) is 1.99. The number of urea groups is 1. The molecule has 0 saturated carbocycles. The number of hydrogen-bond donors (Lipinski definition) is 2. The average molecular weight is 250 g/mol. The molecule has 1 aromatic heterocycles. The molecule has 2 amide bonds. The molecule has 2 unspecified atom stereocenters. The van der Waals surface area contributed by atoms with E-state index in [2.05, 4.69) is 15.3 Å². The Morgan fingerprint density at radius 3 is 2.61 bits per heavy atom. The van der Waals surface area contributed by atoms with Crippen molar-refractivity contribution in [2.75, 3.05) is 18.4 Å². The van der Waals surface area contributed by atoms with Crippen molar-refractivity contribution >= 4 is 17.9 Å². The van der Waals surface area contributed by atoms with Crippen LogP contribution in [0, 0.1) is 11.8 Å². The number of carboxylic acids is 1. The number of amides is 2. The predicted molar refractivity (Wildman–Crippen MR) is 62.9 cm³/mol. The summed E-state index contributed by atoms with van der Waals surface area (Å²) in [5.74, 6) is -1.21. The molecule has 1 saturated heterocycles. The van der Waals surface area contributed by atoms with Crippen molar-refractivity contribution in [1.82, 2.24) is 14.9 Å². The highest BCUT2D eigenvalue weighted by atomic mass is 16.4. The van der Waals surface area contributed by atoms with E-state index >= 15 is 0 Å². The van der Waals surface area contributed by atoms with Crippen LogP contribution in [-0.2, 0) is 4.79 Å². The summed E-state index contributed by atoms with van der Waals surface area (Å²) in [7, 11) is 0. The van der Waals surface area contributed by atoms with Gasteiger partial charge in [0, 0.05) is 25.5 Å². The van der Waals surface area contributed by atoms with Crippen molar-refractivity contribution in [3.8, 4) is 0 Å². The molecule has 7 heteroatoms. The van der Waals surface area contributed by atoms with Gasteiger partial charge in [0.05, 0.1) is 5.92 Å². The summed E-state index contributed by atoms with van der Waals surface area (Å²) in [4.78, 5) is 32.1. The van der Waals surface area contributed by atoms with E-state index in [0.29, 0.717) is 6.54 Å². The molecular formula is C11H14N4O3. The van der Waals surface area contributed by atoms with Gasteiger partial charge in [-0.1, -0.05) is 6.92 Å². The molecule has 0 aromatic carbocycles. The molecule has 1 aliphatic heterocycles. The van der Waals surface area contributed by atoms with Gasteiger partial charge in [-0.05, 0) is 12.0 Å². The second-order valence-electron chi connectivity index (χ2n) is 4.33. The number of nitrogens with one attached hydrogen (secondary N) is 1. The van der Waals surface area contributed by atoms with Gasteiger partial charge >= 0.3 is 12.0 Å². The zero-order chi connectivity index (χ0) is 13.1. The maximum absolute atomic E-state index is 11.9. The summed E-state index contributed by atoms with van der Waals surface area (Å²) in [5.41, 5.74) is 0. The van der Waals surface area contributed by atoms with Gasteiger partial charge in [-0.15, -0.1) is 0 Å². The van der Waals surface area contributed by atoms with Gasteiger partial charge in [-0.3, -0.25) is 10.1 Å². The monoisotopic (exact) mass is 250 g/mol. The molecule has 7 nitrogen and oxygen atoms in total. The number of anilines is 1. The summed E-state index contributed by atoms with van der Waals surface area (Å²) < 4.78 is 0. The number of carbonyl (C=O) groups excluding carboxylic acids is 1. The summed E-state index contributed by atoms with van der Waals surface area (Å²) >= 11 is 0. The van der Waals surface area contributed by atoms with E-state index < -0.39 is 11.9 Å². The maximum atomic E-state index is 11.9. The maximum Gasteiger partial charge on any atom is 0.324 e. The summed E-state index contributed by atoms with van der Waals surface area (Å²) in [5, 5.41) is 11.5. The van der Waals surface area contributed by atoms with Gasteiger partial charge in [0.1, 0.15) is 0 Å². The first kappa shape index (κ1) is 12.3. The van der Waals surface area contributed by atoms with E-state index in [-0.39, 0.29) is 24.4 Å². The number of rotatable bonds is 2. The van der Waals surface area contributed by atoms with Crippen LogP contribution in [0.2, 0.25) is 0 Å². The molecular weight excluding hydrogens is 236 g/mol. The fourth-order valence-corrected chi connectivity index (χ4v) is 1.99. The highest BCUT2D eigenvalue weighted by Crippen LogP contribution is 2.23. The Morgan fingerprint density at radius 2 is 2.06 bits per heavy atom. The lowest BCUT2D eigenvalue weighted by molar-refractivity contribution is -0.142. The number of carbonyl (C=O) groups is 2. The van der Waals surface area contributed by atoms with E-state index in [9.17, 15) is 9.59 Å². The molecule has 1 aromatic rings. The zero-order valence-electron chi connectivity index (χ0n) is 9.91. The van der Waals surface area contributed by atoms with E-state index in [1.54, 1.807) is 6.07 Å². The van der Waals surface area contributed by atoms with Gasteiger partial charge in [-0.2, -0.15) is 0 Å². The first-order valence-electron chi connectivity index (χ1n) is 5.63. The lowest BCUT2D eigenvalue weighted by Crippen LogP contribution is -2.34. The smallest absolute Gasteiger partial charge is 0.324 e. The number of likely N-dealkylation sites (tertiary alicyclic amines) is 1. The summed E-state index contributed by atoms with van der Waals surface area (Å²) in [6.45, 7) is 2.47. The van der Waals surface area contributed by atoms with E-state index in [1.165, 1.54) is 17.3 Å². The lowest BCUT2D eigenvalue weighted by atomic mass is 9.99. The predicted octanol–water partition coefficient (Wildman–Crippen LogP) is 0.661. The Morgan fingerprint density at radius 1 is 1.39 bits per heavy atom. The molecule has 0 bridgehead atoms. The Bertz CT molecular complexity index is 451. The van der Waals surface area contributed by atoms with Gasteiger partial charge < -0.3 is 10.0 Å². The topological polar surface area (TPSA) is 95.4 Å². The molecule has 2 atom stereocenters. The van der Waals surface area contributed by atoms with Crippen molar-refractivity contribution in [1.29, 1.82) is 0 Å². The number of nitrogens with zero attached hydrogens (tertiary/aromatic N) is 3. The third kappa shape index (κ3) is 2.55. The highest BCUT2D eigenvalue weighted by molar-refractivity contribution is 5.88. The fraction of sp³-hybridized carbons (Fsp3) is 0.455. The van der Waals surface area contributed by atoms with Crippen molar-refractivity contribution in [3.63, 3.8) is 0 Å². The Labute approximate surface area is 104 Å². The SMILES string of the molecule is CC1CN(C(=O)Nc2ncccn2)CC1C(=O)O. The molecule has 1 aliphatic rings. The zero-order valence-corrected chi connectivity index (χ0v) is 9.91. The molecule has 1 fully saturated rings. The molecule has 2 N–H and O–H groups in total. The minimum absolute atomic E-state index is 0.0510. The molecule has 18 heavy (non-hydrogen) atoms. The van der Waals surface area contributed by atoms with Gasteiger partial charge in [-0.25, -0.2) is 14.8 Å². The third-order valence-electron chi connectivity index (χ3n) is 3.00. The molecule has 2 heterocycles. The van der Waals surface area contributed by atoms with Crippen LogP contribution in [0.5, 0.6) is 0 Å². The average Bonchev–Trinajstić information content (AvgIpc) is 2.73. The molecule has 0 aliphatic carbocycles. The third-order valence-corrected chi connectivity index (χ3v) is 3.00. The second kappa shape index (κ2) is 4.99. The number of carboxylic acid groups (broad SMARTS) is 1. The number of aliphatic carboxylic acids is 1. The van der Waals surface area contributed by atoms with Gasteiger partial charge in [0.15, 0.2) is 0 Å². The van der Waals surface area contributed by atoms with Crippen molar-refractivity contribution in [2.24, 2.45) is 11.8 Å². The number of aromatic nitrogens is 2. The van der Waals surface area contributed by atoms with Gasteiger partial charge in [0.25, 0.3) is 0 Å². The first-order valence-corrected chi connectivity index (χ1v) is 5.63. The minimum Gasteiger partial charge on any atom is -0.481 e. The van der Waals surface area contributed by atoms with E-state index in [1.807, 2.05) is 6.92 Å². The number of hydrogen-bond acceptors (Lipinski definition) is 4. The van der Waals surface area contributed by atoms with Crippen LogP contribution in [0.4, 0.5) is 10.7 Å². The van der Waals surface area contributed by atoms with E-state index in [0.717, 1.165) is 0 Å². The minimum atomic E-state index is -0.867. The highest BCUT2D eigenvalue weighted by Gasteiger charge is 2.37. The molecule has 0 radical (unpaired) electrons. The molecule has 96 valence electrons. The molecule has 0 spiro atoms. The molecule has 2 rings (SSSR count). The van der Waals surface area contributed by atoms with Gasteiger partial charge in [0.2, 0.25) is 5.95 Å². The Balaban J connectivity index is 1.97. The van der Waals surface area contributed by atoms with Crippen LogP contribution in [0.25, 0.3) is 0 Å².